The highest BCUT2D eigenvalue weighted by Gasteiger charge is 2.44. The largest absolute Gasteiger partial charge is 0.522 e. The Morgan fingerprint density at radius 2 is 1.32 bits per heavy atom. The van der Waals surface area contributed by atoms with Crippen molar-refractivity contribution >= 4 is 27.5 Å². The van der Waals surface area contributed by atoms with Gasteiger partial charge in [0.15, 0.2) is 0 Å². The molecule has 1 rings (SSSR count). The lowest BCUT2D eigenvalue weighted by Crippen LogP contribution is -2.21. The Balaban J connectivity index is 0.00000139. The van der Waals surface area contributed by atoms with Crippen LogP contribution in [0.5, 0.6) is 0 Å². The van der Waals surface area contributed by atoms with Gasteiger partial charge in [-0.25, -0.2) is 4.98 Å². The molecule has 1 aromatic heterocycles. The number of alkyl halides is 3. The Labute approximate surface area is 217 Å². The summed E-state index contributed by atoms with van der Waals surface area (Å²) in [6, 6.07) is 2.80. The van der Waals surface area contributed by atoms with Gasteiger partial charge in [0.1, 0.15) is 12.0 Å². The molecule has 0 aromatic carbocycles. The third-order valence-electron chi connectivity index (χ3n) is 5.53. The first-order chi connectivity index (χ1) is 17.4. The number of unbranched alkanes of at least 4 members (excludes halogenated alkanes) is 14. The molecule has 9 nitrogen and oxygen atoms in total. The summed E-state index contributed by atoms with van der Waals surface area (Å²) in [6.07, 6.45) is 21.1. The average Bonchev–Trinajstić information content (AvgIpc) is 2.81. The molecule has 0 aliphatic heterocycles. The molecule has 0 unspecified atom stereocenters. The Kier molecular flexibility index (Phi) is 18.6. The van der Waals surface area contributed by atoms with E-state index in [0.29, 0.717) is 12.2 Å². The number of nitrogens with one attached hydrogen (secondary N) is 1. The maximum Gasteiger partial charge on any atom is 0.522 e. The normalized spacial score (nSPS) is 11.5. The van der Waals surface area contributed by atoms with Gasteiger partial charge in [0.05, 0.1) is 4.92 Å². The second-order valence-corrected chi connectivity index (χ2v) is 10.2. The molecule has 37 heavy (non-hydrogen) atoms. The van der Waals surface area contributed by atoms with Gasteiger partial charge in [-0.15, -0.1) is 0 Å². The molecule has 0 bridgehead atoms. The second kappa shape index (κ2) is 19.8. The van der Waals surface area contributed by atoms with Crippen molar-refractivity contribution in [2.45, 2.75) is 115 Å². The number of nitro groups is 1. The number of carbonyl (C=O) groups excluding carboxylic acids is 1. The quantitative estimate of drug-likeness (QED) is 0.0625. The number of hydrogen-bond donors (Lipinski definition) is 2. The van der Waals surface area contributed by atoms with Gasteiger partial charge in [0.2, 0.25) is 5.91 Å². The molecule has 1 heterocycles. The summed E-state index contributed by atoms with van der Waals surface area (Å²) < 4.78 is 57.5. The zero-order valence-electron chi connectivity index (χ0n) is 21.5. The van der Waals surface area contributed by atoms with Crippen LogP contribution in [0.1, 0.15) is 110 Å². The first-order valence-electron chi connectivity index (χ1n) is 12.8. The van der Waals surface area contributed by atoms with Crippen LogP contribution >= 0.6 is 0 Å². The zero-order valence-corrected chi connectivity index (χ0v) is 22.3. The maximum atomic E-state index is 11.9. The minimum atomic E-state index is -5.84. The van der Waals surface area contributed by atoms with Crippen LogP contribution in [-0.4, -0.2) is 34.3 Å². The lowest BCUT2D eigenvalue weighted by molar-refractivity contribution is -0.385. The molecule has 214 valence electrons. The number of hydrogen-bond acceptors (Lipinski definition) is 6. The number of nitrogens with zero attached hydrogens (tertiary/aromatic N) is 2. The highest BCUT2D eigenvalue weighted by atomic mass is 32.2. The Morgan fingerprint density at radius 3 is 1.65 bits per heavy atom. The average molecular weight is 556 g/mol. The number of rotatable bonds is 18. The Morgan fingerprint density at radius 1 is 0.919 bits per heavy atom. The van der Waals surface area contributed by atoms with E-state index in [0.717, 1.165) is 19.0 Å². The Hall–Kier alpha value is -2.28. The lowest BCUT2D eigenvalue weighted by Gasteiger charge is -2.05. The highest BCUT2D eigenvalue weighted by Crippen LogP contribution is 2.20. The van der Waals surface area contributed by atoms with Crippen molar-refractivity contribution in [3.8, 4) is 0 Å². The fourth-order valence-electron chi connectivity index (χ4n) is 3.43. The van der Waals surface area contributed by atoms with Crippen LogP contribution in [0.4, 0.5) is 24.7 Å². The number of amides is 1. The van der Waals surface area contributed by atoms with E-state index >= 15 is 0 Å². The van der Waals surface area contributed by atoms with Crippen molar-refractivity contribution in [1.82, 2.24) is 4.98 Å². The van der Waals surface area contributed by atoms with Gasteiger partial charge >= 0.3 is 15.6 Å². The topological polar surface area (TPSA) is 139 Å². The number of halogens is 3. The molecule has 0 saturated carbocycles. The van der Waals surface area contributed by atoms with Gasteiger partial charge in [-0.05, 0) is 12.5 Å². The summed E-state index contributed by atoms with van der Waals surface area (Å²) in [5.41, 5.74) is -5.61. The molecule has 0 atom stereocenters. The van der Waals surface area contributed by atoms with E-state index in [1.807, 2.05) is 0 Å². The third-order valence-corrected chi connectivity index (χ3v) is 6.11. The standard InChI is InChI=1S/C23H39N3O3.CHF3O3S/c1-2-3-4-5-6-7-8-9-10-11-12-13-14-15-16-17-23(27)25-22-19-18-21(20-24-22)26(28)29;2-1(3,4)8(5,6)7/h18-20H,2-17H2,1H3,(H,24,25,27);(H,5,6,7). The van der Waals surface area contributed by atoms with E-state index in [-0.39, 0.29) is 11.6 Å². The van der Waals surface area contributed by atoms with E-state index in [9.17, 15) is 28.1 Å². The van der Waals surface area contributed by atoms with Crippen LogP contribution in [0.3, 0.4) is 0 Å². The zero-order chi connectivity index (χ0) is 28.2. The molecule has 0 radical (unpaired) electrons. The van der Waals surface area contributed by atoms with Gasteiger partial charge < -0.3 is 5.32 Å². The number of pyridine rings is 1. The van der Waals surface area contributed by atoms with Crippen molar-refractivity contribution in [2.75, 3.05) is 5.32 Å². The molecule has 2 N–H and O–H groups in total. The molecule has 0 saturated heterocycles. The molecule has 1 amide bonds. The molecular weight excluding hydrogens is 515 g/mol. The first kappa shape index (κ1) is 34.7. The molecule has 0 spiro atoms. The molecule has 13 heteroatoms. The summed E-state index contributed by atoms with van der Waals surface area (Å²) in [6.45, 7) is 2.26. The maximum absolute atomic E-state index is 11.9. The first-order valence-corrected chi connectivity index (χ1v) is 14.3. The summed E-state index contributed by atoms with van der Waals surface area (Å²) in [5, 5.41) is 13.3. The third kappa shape index (κ3) is 19.5. The second-order valence-electron chi connectivity index (χ2n) is 8.83. The van der Waals surface area contributed by atoms with Crippen molar-refractivity contribution in [3.63, 3.8) is 0 Å². The summed E-state index contributed by atoms with van der Waals surface area (Å²) >= 11 is 0. The van der Waals surface area contributed by atoms with Crippen molar-refractivity contribution in [3.05, 3.63) is 28.4 Å². The van der Waals surface area contributed by atoms with E-state index in [2.05, 4.69) is 17.2 Å². The van der Waals surface area contributed by atoms with Crippen LogP contribution in [-0.2, 0) is 14.9 Å². The molecule has 0 fully saturated rings. The summed E-state index contributed by atoms with van der Waals surface area (Å²) in [4.78, 5) is 25.8. The van der Waals surface area contributed by atoms with Gasteiger partial charge in [-0.2, -0.15) is 21.6 Å². The monoisotopic (exact) mass is 555 g/mol. The summed E-state index contributed by atoms with van der Waals surface area (Å²) in [5.74, 6) is 0.280. The van der Waals surface area contributed by atoms with Crippen LogP contribution in [0.15, 0.2) is 18.3 Å². The minimum Gasteiger partial charge on any atom is -0.311 e. The molecule has 0 aliphatic carbocycles. The number of anilines is 1. The minimum absolute atomic E-state index is 0.0783. The van der Waals surface area contributed by atoms with Crippen molar-refractivity contribution < 1.29 is 35.9 Å². The van der Waals surface area contributed by atoms with E-state index in [1.165, 1.54) is 95.6 Å². The van der Waals surface area contributed by atoms with Gasteiger partial charge in [-0.3, -0.25) is 19.5 Å². The van der Waals surface area contributed by atoms with Crippen molar-refractivity contribution in [2.24, 2.45) is 0 Å². The SMILES string of the molecule is CCCCCCCCCCCCCCCCCC(=O)Nc1ccc([N+](=O)[O-])cn1.O=S(=O)(O)C(F)(F)F. The van der Waals surface area contributed by atoms with Crippen LogP contribution in [0, 0.1) is 10.1 Å². The Bertz CT molecular complexity index is 865. The smallest absolute Gasteiger partial charge is 0.311 e. The number of carbonyl (C=O) groups is 1. The molecule has 1 aromatic rings. The van der Waals surface area contributed by atoms with Crippen LogP contribution < -0.4 is 5.32 Å². The van der Waals surface area contributed by atoms with Crippen LogP contribution in [0.2, 0.25) is 0 Å². The van der Waals surface area contributed by atoms with Crippen molar-refractivity contribution in [1.29, 1.82) is 0 Å². The van der Waals surface area contributed by atoms with Gasteiger partial charge in [0.25, 0.3) is 5.69 Å². The predicted octanol–water partition coefficient (Wildman–Crippen LogP) is 7.58. The lowest BCUT2D eigenvalue weighted by atomic mass is 10.0. The number of aromatic nitrogens is 1. The van der Waals surface area contributed by atoms with E-state index in [1.54, 1.807) is 0 Å². The van der Waals surface area contributed by atoms with Crippen LogP contribution in [0.25, 0.3) is 0 Å². The predicted molar refractivity (Wildman–Crippen MR) is 137 cm³/mol. The highest BCUT2D eigenvalue weighted by molar-refractivity contribution is 7.86. The fourth-order valence-corrected chi connectivity index (χ4v) is 3.43. The van der Waals surface area contributed by atoms with Gasteiger partial charge in [-0.1, -0.05) is 96.8 Å². The van der Waals surface area contributed by atoms with E-state index in [4.69, 9.17) is 13.0 Å². The van der Waals surface area contributed by atoms with E-state index < -0.39 is 20.5 Å². The molecule has 0 aliphatic rings. The summed E-state index contributed by atoms with van der Waals surface area (Å²) in [7, 11) is -5.84. The fraction of sp³-hybridized carbons (Fsp3) is 0.750. The van der Waals surface area contributed by atoms with Gasteiger partial charge in [0, 0.05) is 12.5 Å². The molecular formula is C24H40F3N3O6S.